The topological polar surface area (TPSA) is 93.4 Å². The number of amides is 2. The van der Waals surface area contributed by atoms with Gasteiger partial charge in [0, 0.05) is 0 Å². The lowest BCUT2D eigenvalue weighted by Gasteiger charge is -2.24. The first kappa shape index (κ1) is 14.7. The zero-order valence-electron chi connectivity index (χ0n) is 10.5. The normalized spacial score (nSPS) is 13.2. The molecule has 0 spiro atoms. The Morgan fingerprint density at radius 1 is 1.25 bits per heavy atom. The van der Waals surface area contributed by atoms with Gasteiger partial charge in [0.1, 0.15) is 11.6 Å². The van der Waals surface area contributed by atoms with E-state index in [1.54, 1.807) is 34.6 Å². The third-order valence-corrected chi connectivity index (χ3v) is 1.76. The molecule has 0 bridgehead atoms. The second kappa shape index (κ2) is 5.69. The number of ether oxygens (including phenoxy) is 1. The molecule has 16 heavy (non-hydrogen) atoms. The van der Waals surface area contributed by atoms with Crippen molar-refractivity contribution >= 4 is 12.0 Å². The maximum atomic E-state index is 11.4. The number of rotatable bonds is 3. The summed E-state index contributed by atoms with van der Waals surface area (Å²) in [6, 6.07) is -0.695. The zero-order valence-corrected chi connectivity index (χ0v) is 10.5. The van der Waals surface area contributed by atoms with Crippen LogP contribution < -0.4 is 16.6 Å². The van der Waals surface area contributed by atoms with Crippen molar-refractivity contribution in [2.75, 3.05) is 0 Å². The molecule has 6 nitrogen and oxygen atoms in total. The molecule has 0 aromatic heterocycles. The third-order valence-electron chi connectivity index (χ3n) is 1.76. The molecular weight excluding hydrogens is 210 g/mol. The lowest BCUT2D eigenvalue weighted by Crippen LogP contribution is -2.52. The Morgan fingerprint density at radius 3 is 2.06 bits per heavy atom. The minimum atomic E-state index is -0.695. The number of hydrogen-bond acceptors (Lipinski definition) is 4. The van der Waals surface area contributed by atoms with Gasteiger partial charge in [0.15, 0.2) is 0 Å². The van der Waals surface area contributed by atoms with E-state index in [4.69, 9.17) is 10.6 Å². The monoisotopic (exact) mass is 231 g/mol. The molecule has 0 saturated carbocycles. The van der Waals surface area contributed by atoms with E-state index < -0.39 is 23.6 Å². The third kappa shape index (κ3) is 5.55. The Kier molecular flexibility index (Phi) is 5.23. The van der Waals surface area contributed by atoms with Crippen LogP contribution in [0.3, 0.4) is 0 Å². The number of carbonyl (C=O) groups excluding carboxylic acids is 2. The molecule has 0 saturated heterocycles. The Morgan fingerprint density at radius 2 is 1.75 bits per heavy atom. The highest BCUT2D eigenvalue weighted by atomic mass is 16.6. The van der Waals surface area contributed by atoms with E-state index in [9.17, 15) is 9.59 Å². The van der Waals surface area contributed by atoms with E-state index in [0.717, 1.165) is 0 Å². The van der Waals surface area contributed by atoms with Gasteiger partial charge >= 0.3 is 6.09 Å². The van der Waals surface area contributed by atoms with Gasteiger partial charge in [0.05, 0.1) is 0 Å². The highest BCUT2D eigenvalue weighted by molar-refractivity contribution is 5.85. The fourth-order valence-electron chi connectivity index (χ4n) is 1.06. The SMILES string of the molecule is CC(C)C(NC(=O)OC(C)(C)C)C(=O)NN. The number of hydrogen-bond donors (Lipinski definition) is 3. The molecule has 0 fully saturated rings. The fraction of sp³-hybridized carbons (Fsp3) is 0.800. The van der Waals surface area contributed by atoms with Crippen molar-refractivity contribution in [3.05, 3.63) is 0 Å². The van der Waals surface area contributed by atoms with Gasteiger partial charge in [-0.05, 0) is 26.7 Å². The molecule has 0 aromatic rings. The molecule has 4 N–H and O–H groups in total. The Labute approximate surface area is 95.9 Å². The second-order valence-electron chi connectivity index (χ2n) is 4.88. The summed E-state index contributed by atoms with van der Waals surface area (Å²) in [5.41, 5.74) is 1.41. The van der Waals surface area contributed by atoms with Crippen LogP contribution >= 0.6 is 0 Å². The molecule has 2 amide bonds. The van der Waals surface area contributed by atoms with E-state index >= 15 is 0 Å². The van der Waals surface area contributed by atoms with E-state index in [0.29, 0.717) is 0 Å². The van der Waals surface area contributed by atoms with Gasteiger partial charge in [-0.1, -0.05) is 13.8 Å². The van der Waals surface area contributed by atoms with Crippen molar-refractivity contribution in [3.63, 3.8) is 0 Å². The van der Waals surface area contributed by atoms with Gasteiger partial charge < -0.3 is 10.1 Å². The summed E-state index contributed by atoms with van der Waals surface area (Å²) < 4.78 is 5.04. The first-order valence-electron chi connectivity index (χ1n) is 5.17. The van der Waals surface area contributed by atoms with Gasteiger partial charge in [-0.25, -0.2) is 10.6 Å². The number of hydrazine groups is 1. The van der Waals surface area contributed by atoms with Crippen LogP contribution in [0.1, 0.15) is 34.6 Å². The number of nitrogens with one attached hydrogen (secondary N) is 2. The van der Waals surface area contributed by atoms with Crippen molar-refractivity contribution in [2.24, 2.45) is 11.8 Å². The van der Waals surface area contributed by atoms with Crippen LogP contribution in [-0.2, 0) is 9.53 Å². The van der Waals surface area contributed by atoms with Gasteiger partial charge in [-0.2, -0.15) is 0 Å². The largest absolute Gasteiger partial charge is 0.444 e. The number of nitrogens with two attached hydrogens (primary N) is 1. The van der Waals surface area contributed by atoms with E-state index in [-0.39, 0.29) is 5.92 Å². The predicted molar refractivity (Wildman–Crippen MR) is 60.3 cm³/mol. The van der Waals surface area contributed by atoms with Crippen LogP contribution in [0.2, 0.25) is 0 Å². The first-order valence-corrected chi connectivity index (χ1v) is 5.17. The van der Waals surface area contributed by atoms with Crippen LogP contribution in [0.5, 0.6) is 0 Å². The van der Waals surface area contributed by atoms with Gasteiger partial charge in [-0.15, -0.1) is 0 Å². The molecule has 0 aliphatic rings. The van der Waals surface area contributed by atoms with Crippen molar-refractivity contribution in [1.82, 2.24) is 10.7 Å². The molecule has 0 heterocycles. The van der Waals surface area contributed by atoms with E-state index in [1.165, 1.54) is 0 Å². The summed E-state index contributed by atoms with van der Waals surface area (Å²) >= 11 is 0. The lowest BCUT2D eigenvalue weighted by atomic mass is 10.0. The van der Waals surface area contributed by atoms with Gasteiger partial charge in [0.2, 0.25) is 0 Å². The van der Waals surface area contributed by atoms with E-state index in [1.807, 2.05) is 5.43 Å². The van der Waals surface area contributed by atoms with Crippen LogP contribution in [0, 0.1) is 5.92 Å². The van der Waals surface area contributed by atoms with Crippen LogP contribution in [0.15, 0.2) is 0 Å². The molecule has 0 radical (unpaired) electrons. The summed E-state index contributed by atoms with van der Waals surface area (Å²) in [5.74, 6) is 4.51. The van der Waals surface area contributed by atoms with Crippen LogP contribution in [0.25, 0.3) is 0 Å². The number of alkyl carbamates (subject to hydrolysis) is 1. The van der Waals surface area contributed by atoms with Crippen LogP contribution in [-0.4, -0.2) is 23.6 Å². The smallest absolute Gasteiger partial charge is 0.408 e. The second-order valence-corrected chi connectivity index (χ2v) is 4.88. The minimum Gasteiger partial charge on any atom is -0.444 e. The van der Waals surface area contributed by atoms with Gasteiger partial charge in [0.25, 0.3) is 5.91 Å². The molecule has 0 rings (SSSR count). The molecule has 0 aromatic carbocycles. The molecule has 0 aliphatic heterocycles. The zero-order chi connectivity index (χ0) is 12.9. The predicted octanol–water partition coefficient (Wildman–Crippen LogP) is 0.526. The van der Waals surface area contributed by atoms with Crippen LogP contribution in [0.4, 0.5) is 4.79 Å². The standard InChI is InChI=1S/C10H21N3O3/c1-6(2)7(8(14)13-11)12-9(15)16-10(3,4)5/h6-7H,11H2,1-5H3,(H,12,15)(H,13,14). The summed E-state index contributed by atoms with van der Waals surface area (Å²) in [5, 5.41) is 2.47. The highest BCUT2D eigenvalue weighted by Gasteiger charge is 2.26. The first-order chi connectivity index (χ1) is 7.17. The average molecular weight is 231 g/mol. The lowest BCUT2D eigenvalue weighted by molar-refractivity contribution is -0.124. The highest BCUT2D eigenvalue weighted by Crippen LogP contribution is 2.08. The minimum absolute atomic E-state index is 0.0731. The number of carbonyl (C=O) groups is 2. The Balaban J connectivity index is 4.42. The Bertz CT molecular complexity index is 259. The summed E-state index contributed by atoms with van der Waals surface area (Å²) in [6.45, 7) is 8.86. The summed E-state index contributed by atoms with van der Waals surface area (Å²) in [6.07, 6.45) is -0.630. The van der Waals surface area contributed by atoms with Crippen molar-refractivity contribution < 1.29 is 14.3 Å². The molecule has 1 unspecified atom stereocenters. The fourth-order valence-corrected chi connectivity index (χ4v) is 1.06. The Hall–Kier alpha value is -1.30. The molecule has 6 heteroatoms. The average Bonchev–Trinajstić information content (AvgIpc) is 2.09. The van der Waals surface area contributed by atoms with Crippen molar-refractivity contribution in [1.29, 1.82) is 0 Å². The molecule has 1 atom stereocenters. The quantitative estimate of drug-likeness (QED) is 0.375. The van der Waals surface area contributed by atoms with Crippen molar-refractivity contribution in [3.8, 4) is 0 Å². The molecule has 94 valence electrons. The van der Waals surface area contributed by atoms with Crippen molar-refractivity contribution in [2.45, 2.75) is 46.3 Å². The maximum Gasteiger partial charge on any atom is 0.408 e. The summed E-state index contributed by atoms with van der Waals surface area (Å²) in [4.78, 5) is 22.8. The molecule has 0 aliphatic carbocycles. The van der Waals surface area contributed by atoms with Gasteiger partial charge in [-0.3, -0.25) is 10.2 Å². The molecular formula is C10H21N3O3. The summed E-state index contributed by atoms with van der Waals surface area (Å²) in [7, 11) is 0. The maximum absolute atomic E-state index is 11.4. The van der Waals surface area contributed by atoms with E-state index in [2.05, 4.69) is 5.32 Å².